The third-order valence-corrected chi connectivity index (χ3v) is 5.86. The van der Waals surface area contributed by atoms with Crippen LogP contribution in [0.15, 0.2) is 5.38 Å². The van der Waals surface area contributed by atoms with Crippen molar-refractivity contribution in [2.24, 2.45) is 5.92 Å². The maximum atomic E-state index is 12.4. The van der Waals surface area contributed by atoms with Crippen LogP contribution in [0.4, 0.5) is 0 Å². The maximum Gasteiger partial charge on any atom is 0.224 e. The lowest BCUT2D eigenvalue weighted by molar-refractivity contribution is -0.127. The minimum Gasteiger partial charge on any atom is -0.381 e. The summed E-state index contributed by atoms with van der Waals surface area (Å²) < 4.78 is 5.45. The number of nitrogens with zero attached hydrogens (tertiary/aromatic N) is 2. The molecule has 0 aliphatic carbocycles. The Morgan fingerprint density at radius 2 is 2.26 bits per heavy atom. The number of ether oxygens (including phenoxy) is 1. The maximum absolute atomic E-state index is 12.4. The zero-order valence-corrected chi connectivity index (χ0v) is 14.7. The van der Waals surface area contributed by atoms with Crippen LogP contribution in [0.2, 0.25) is 0 Å². The van der Waals surface area contributed by atoms with E-state index in [-0.39, 0.29) is 11.8 Å². The minimum atomic E-state index is 0.143. The molecule has 2 aliphatic heterocycles. The summed E-state index contributed by atoms with van der Waals surface area (Å²) in [4.78, 5) is 19.4. The number of carbonyl (C=O) groups is 1. The Balaban J connectivity index is 1.43. The molecule has 1 aromatic heterocycles. The summed E-state index contributed by atoms with van der Waals surface area (Å²) in [5.41, 5.74) is 1.07. The molecule has 0 radical (unpaired) electrons. The number of aryl methyl sites for hydroxylation is 1. The van der Waals surface area contributed by atoms with E-state index in [0.717, 1.165) is 69.1 Å². The van der Waals surface area contributed by atoms with Gasteiger partial charge >= 0.3 is 0 Å². The molecule has 0 bridgehead atoms. The normalized spacial score (nSPS) is 23.8. The van der Waals surface area contributed by atoms with Crippen LogP contribution in [0.5, 0.6) is 0 Å². The van der Waals surface area contributed by atoms with E-state index in [2.05, 4.69) is 20.6 Å². The van der Waals surface area contributed by atoms with E-state index in [1.807, 2.05) is 6.92 Å². The first-order valence-corrected chi connectivity index (χ1v) is 9.61. The van der Waals surface area contributed by atoms with Crippen LogP contribution in [0, 0.1) is 12.8 Å². The van der Waals surface area contributed by atoms with Crippen molar-refractivity contribution < 1.29 is 9.53 Å². The number of thiazole rings is 1. The fourth-order valence-electron chi connectivity index (χ4n) is 3.56. The molecule has 3 heterocycles. The first-order valence-electron chi connectivity index (χ1n) is 8.73. The molecule has 2 fully saturated rings. The SMILES string of the molecule is Cc1csc(CCNC(=O)[C@H]2CCCN(C3CCOCC3)C2)n1. The Bertz CT molecular complexity index is 514. The van der Waals surface area contributed by atoms with Crippen molar-refractivity contribution in [1.82, 2.24) is 15.2 Å². The van der Waals surface area contributed by atoms with E-state index in [9.17, 15) is 4.79 Å². The van der Waals surface area contributed by atoms with Crippen LogP contribution >= 0.6 is 11.3 Å². The molecule has 6 heteroatoms. The molecule has 3 rings (SSSR count). The van der Waals surface area contributed by atoms with Crippen molar-refractivity contribution in [1.29, 1.82) is 0 Å². The molecular weight excluding hydrogens is 310 g/mol. The van der Waals surface area contributed by atoms with Crippen LogP contribution in [0.1, 0.15) is 36.4 Å². The number of rotatable bonds is 5. The monoisotopic (exact) mass is 337 g/mol. The second kappa shape index (κ2) is 8.22. The molecular formula is C17H27N3O2S. The van der Waals surface area contributed by atoms with Gasteiger partial charge in [-0.15, -0.1) is 11.3 Å². The summed E-state index contributed by atoms with van der Waals surface area (Å²) in [6.07, 6.45) is 5.19. The Labute approximate surface area is 142 Å². The first kappa shape index (κ1) is 16.9. The zero-order valence-electron chi connectivity index (χ0n) is 13.9. The highest BCUT2D eigenvalue weighted by atomic mass is 32.1. The molecule has 2 aliphatic rings. The van der Waals surface area contributed by atoms with Gasteiger partial charge in [-0.2, -0.15) is 0 Å². The third-order valence-electron chi connectivity index (χ3n) is 4.84. The number of likely N-dealkylation sites (tertiary alicyclic amines) is 1. The average molecular weight is 337 g/mol. The third kappa shape index (κ3) is 4.75. The van der Waals surface area contributed by atoms with E-state index >= 15 is 0 Å². The van der Waals surface area contributed by atoms with Gasteiger partial charge in [-0.3, -0.25) is 9.69 Å². The van der Waals surface area contributed by atoms with Gasteiger partial charge in [-0.25, -0.2) is 4.98 Å². The number of hydrogen-bond acceptors (Lipinski definition) is 5. The number of aromatic nitrogens is 1. The predicted octanol–water partition coefficient (Wildman–Crippen LogP) is 2.00. The number of hydrogen-bond donors (Lipinski definition) is 1. The van der Waals surface area contributed by atoms with Gasteiger partial charge in [-0.05, 0) is 39.2 Å². The second-order valence-corrected chi connectivity index (χ2v) is 7.54. The molecule has 0 spiro atoms. The summed E-state index contributed by atoms with van der Waals surface area (Å²) in [6, 6.07) is 0.609. The topological polar surface area (TPSA) is 54.5 Å². The Hall–Kier alpha value is -0.980. The molecule has 0 aromatic carbocycles. The minimum absolute atomic E-state index is 0.143. The van der Waals surface area contributed by atoms with Gasteiger partial charge in [-0.1, -0.05) is 0 Å². The van der Waals surface area contributed by atoms with Crippen LogP contribution in [-0.2, 0) is 16.0 Å². The molecule has 0 unspecified atom stereocenters. The summed E-state index contributed by atoms with van der Waals surface area (Å²) in [5, 5.41) is 6.28. The number of carbonyl (C=O) groups excluding carboxylic acids is 1. The van der Waals surface area contributed by atoms with Crippen molar-refractivity contribution in [2.75, 3.05) is 32.8 Å². The van der Waals surface area contributed by atoms with E-state index in [0.29, 0.717) is 12.6 Å². The molecule has 1 N–H and O–H groups in total. The fourth-order valence-corrected chi connectivity index (χ4v) is 4.33. The molecule has 23 heavy (non-hydrogen) atoms. The molecule has 5 nitrogen and oxygen atoms in total. The summed E-state index contributed by atoms with van der Waals surface area (Å²) >= 11 is 1.67. The molecule has 0 saturated carbocycles. The quantitative estimate of drug-likeness (QED) is 0.893. The lowest BCUT2D eigenvalue weighted by Crippen LogP contribution is -2.48. The van der Waals surface area contributed by atoms with E-state index in [4.69, 9.17) is 4.74 Å². The van der Waals surface area contributed by atoms with Crippen LogP contribution in [-0.4, -0.2) is 54.7 Å². The van der Waals surface area contributed by atoms with Gasteiger partial charge in [0.15, 0.2) is 0 Å². The summed E-state index contributed by atoms with van der Waals surface area (Å²) in [6.45, 7) is 6.47. The summed E-state index contributed by atoms with van der Waals surface area (Å²) in [7, 11) is 0. The van der Waals surface area contributed by atoms with Gasteiger partial charge in [0.25, 0.3) is 0 Å². The van der Waals surface area contributed by atoms with Gasteiger partial charge in [0.1, 0.15) is 0 Å². The van der Waals surface area contributed by atoms with Gasteiger partial charge in [0, 0.05) is 49.8 Å². The van der Waals surface area contributed by atoms with E-state index in [1.165, 1.54) is 0 Å². The van der Waals surface area contributed by atoms with Crippen molar-refractivity contribution >= 4 is 17.2 Å². The summed E-state index contributed by atoms with van der Waals surface area (Å²) in [5.74, 6) is 0.361. The lowest BCUT2D eigenvalue weighted by atomic mass is 9.94. The molecule has 2 saturated heterocycles. The Morgan fingerprint density at radius 3 is 3.00 bits per heavy atom. The van der Waals surface area contributed by atoms with Crippen molar-refractivity contribution in [2.45, 2.75) is 45.1 Å². The van der Waals surface area contributed by atoms with Crippen molar-refractivity contribution in [3.05, 3.63) is 16.1 Å². The highest BCUT2D eigenvalue weighted by Gasteiger charge is 2.30. The first-order chi connectivity index (χ1) is 11.2. The molecule has 128 valence electrons. The molecule has 1 atom stereocenters. The highest BCUT2D eigenvalue weighted by molar-refractivity contribution is 7.09. The Morgan fingerprint density at radius 1 is 1.43 bits per heavy atom. The van der Waals surface area contributed by atoms with Crippen molar-refractivity contribution in [3.8, 4) is 0 Å². The predicted molar refractivity (Wildman–Crippen MR) is 91.7 cm³/mol. The zero-order chi connectivity index (χ0) is 16.1. The van der Waals surface area contributed by atoms with Gasteiger partial charge < -0.3 is 10.1 Å². The van der Waals surface area contributed by atoms with E-state index in [1.54, 1.807) is 11.3 Å². The lowest BCUT2D eigenvalue weighted by Gasteiger charge is -2.39. The molecule has 1 aromatic rings. The number of nitrogens with one attached hydrogen (secondary N) is 1. The van der Waals surface area contributed by atoms with Crippen LogP contribution in [0.3, 0.4) is 0 Å². The van der Waals surface area contributed by atoms with Crippen LogP contribution < -0.4 is 5.32 Å². The number of amides is 1. The fraction of sp³-hybridized carbons (Fsp3) is 0.765. The largest absolute Gasteiger partial charge is 0.381 e. The van der Waals surface area contributed by atoms with Gasteiger partial charge in [0.05, 0.1) is 10.9 Å². The van der Waals surface area contributed by atoms with E-state index < -0.39 is 0 Å². The second-order valence-electron chi connectivity index (χ2n) is 6.60. The number of piperidine rings is 1. The smallest absolute Gasteiger partial charge is 0.224 e. The highest BCUT2D eigenvalue weighted by Crippen LogP contribution is 2.23. The average Bonchev–Trinajstić information content (AvgIpc) is 3.01. The Kier molecular flexibility index (Phi) is 6.02. The molecule has 1 amide bonds. The van der Waals surface area contributed by atoms with Crippen molar-refractivity contribution in [3.63, 3.8) is 0 Å². The van der Waals surface area contributed by atoms with Gasteiger partial charge in [0.2, 0.25) is 5.91 Å². The standard InChI is InChI=1S/C17H27N3O2S/c1-13-12-23-16(19-13)4-7-18-17(21)14-3-2-8-20(11-14)15-5-9-22-10-6-15/h12,14-15H,2-11H2,1H3,(H,18,21)/t14-/m0/s1. The van der Waals surface area contributed by atoms with Crippen LogP contribution in [0.25, 0.3) is 0 Å².